The Bertz CT molecular complexity index is 162. The first-order chi connectivity index (χ1) is 8.16. The Balaban J connectivity index is 4.65. The number of hydrogen-bond acceptors (Lipinski definition) is 0. The molecule has 1 atom stereocenters. The molecule has 0 fully saturated rings. The maximum Gasteiger partial charge on any atom is 0.0785 e. The summed E-state index contributed by atoms with van der Waals surface area (Å²) in [6.45, 7) is 13.7. The van der Waals surface area contributed by atoms with E-state index in [1.165, 1.54) is 79.3 Å². The minimum atomic E-state index is 0.998. The first kappa shape index (κ1) is 17.2. The summed E-state index contributed by atoms with van der Waals surface area (Å²) in [5.41, 5.74) is 0.998. The van der Waals surface area contributed by atoms with Crippen molar-refractivity contribution in [1.82, 2.24) is 0 Å². The van der Waals surface area contributed by atoms with Crippen LogP contribution in [0.2, 0.25) is 0 Å². The average molecular weight is 259 g/mol. The van der Waals surface area contributed by atoms with E-state index in [0.717, 1.165) is 5.67 Å². The van der Waals surface area contributed by atoms with Crippen LogP contribution in [0.25, 0.3) is 0 Å². The average Bonchev–Trinajstić information content (AvgIpc) is 2.33. The molecule has 1 nitrogen and oxygen atoms in total. The number of nitrogens with zero attached hydrogens (tertiary/aromatic N) is 1. The predicted molar refractivity (Wildman–Crippen MR) is 83.6 cm³/mol. The molecule has 0 radical (unpaired) electrons. The molecule has 0 aromatic rings. The second-order valence-corrected chi connectivity index (χ2v) is 7.07. The lowest BCUT2D eigenvalue weighted by Gasteiger charge is -2.44. The highest BCUT2D eigenvalue weighted by molar-refractivity contribution is 6.10. The van der Waals surface area contributed by atoms with E-state index in [0.29, 0.717) is 0 Å². The van der Waals surface area contributed by atoms with Crippen molar-refractivity contribution >= 4 is 10.2 Å². The molecule has 17 heavy (non-hydrogen) atoms. The second-order valence-electron chi connectivity index (χ2n) is 5.73. The van der Waals surface area contributed by atoms with E-state index in [1.807, 2.05) is 0 Å². The summed E-state index contributed by atoms with van der Waals surface area (Å²) in [6, 6.07) is 0. The van der Waals surface area contributed by atoms with Crippen LogP contribution in [0.1, 0.15) is 72.6 Å². The summed E-state index contributed by atoms with van der Waals surface area (Å²) >= 11 is 0. The molecule has 0 heterocycles. The van der Waals surface area contributed by atoms with Gasteiger partial charge in [-0.15, -0.1) is 0 Å². The van der Waals surface area contributed by atoms with Crippen LogP contribution in [-0.2, 0) is 0 Å². The van der Waals surface area contributed by atoms with Crippen molar-refractivity contribution in [2.24, 2.45) is 0 Å². The van der Waals surface area contributed by atoms with Gasteiger partial charge in [0, 0.05) is 0 Å². The van der Waals surface area contributed by atoms with Gasteiger partial charge in [-0.1, -0.05) is 47.0 Å². The molecule has 0 saturated heterocycles. The molecule has 0 spiro atoms. The molecule has 0 saturated carbocycles. The van der Waals surface area contributed by atoms with Crippen molar-refractivity contribution in [3.8, 4) is 0 Å². The first-order valence-corrected chi connectivity index (χ1v) is 9.18. The van der Waals surface area contributed by atoms with Crippen LogP contribution in [0.5, 0.6) is 0 Å². The van der Waals surface area contributed by atoms with Crippen LogP contribution < -0.4 is 0 Å². The van der Waals surface area contributed by atoms with Crippen molar-refractivity contribution in [3.05, 3.63) is 0 Å². The highest BCUT2D eigenvalue weighted by Crippen LogP contribution is 2.20. The summed E-state index contributed by atoms with van der Waals surface area (Å²) in [6.07, 6.45) is 9.75. The molecule has 1 unspecified atom stereocenters. The van der Waals surface area contributed by atoms with Gasteiger partial charge in [0.25, 0.3) is 0 Å². The van der Waals surface area contributed by atoms with E-state index >= 15 is 0 Å². The predicted octanol–water partition coefficient (Wildman–Crippen LogP) is 3.31. The van der Waals surface area contributed by atoms with Crippen molar-refractivity contribution < 1.29 is 4.48 Å². The molecule has 0 rings (SSSR count). The van der Waals surface area contributed by atoms with Gasteiger partial charge in [0.1, 0.15) is 0 Å². The van der Waals surface area contributed by atoms with Crippen LogP contribution in [0.4, 0.5) is 0 Å². The molecular weight excluding hydrogens is 222 g/mol. The second kappa shape index (κ2) is 10.1. The molecule has 2 heteroatoms. The standard InChI is InChI=1S/C15H36NSi/c1-5-9-13-16(12-8-4,14-10-6-2)15(17)11-7-3/h15H,5-14H2,1-4,17H3/q+1. The molecule has 0 aliphatic carbocycles. The molecule has 0 bridgehead atoms. The van der Waals surface area contributed by atoms with E-state index in [-0.39, 0.29) is 0 Å². The van der Waals surface area contributed by atoms with E-state index in [4.69, 9.17) is 0 Å². The maximum atomic E-state index is 2.37. The Hall–Kier alpha value is 0.177. The maximum absolute atomic E-state index is 2.37. The minimum absolute atomic E-state index is 0.998. The first-order valence-electron chi connectivity index (χ1n) is 8.02. The fourth-order valence-corrected chi connectivity index (χ4v) is 4.43. The van der Waals surface area contributed by atoms with Crippen LogP contribution in [-0.4, -0.2) is 40.0 Å². The van der Waals surface area contributed by atoms with E-state index in [9.17, 15) is 0 Å². The summed E-state index contributed by atoms with van der Waals surface area (Å²) < 4.78 is 1.46. The summed E-state index contributed by atoms with van der Waals surface area (Å²) in [7, 11) is 1.38. The SMILES string of the molecule is CCCC[N+](CCC)(CCCC)C([SiH3])CCC. The largest absolute Gasteiger partial charge is 0.325 e. The molecule has 0 aliphatic rings. The highest BCUT2D eigenvalue weighted by Gasteiger charge is 2.30. The van der Waals surface area contributed by atoms with E-state index < -0.39 is 0 Å². The van der Waals surface area contributed by atoms with Crippen LogP contribution in [0.15, 0.2) is 0 Å². The van der Waals surface area contributed by atoms with Crippen molar-refractivity contribution in [1.29, 1.82) is 0 Å². The van der Waals surface area contributed by atoms with Crippen molar-refractivity contribution in [3.63, 3.8) is 0 Å². The topological polar surface area (TPSA) is 0 Å². The van der Waals surface area contributed by atoms with Crippen molar-refractivity contribution in [2.75, 3.05) is 19.6 Å². The van der Waals surface area contributed by atoms with Gasteiger partial charge in [0.15, 0.2) is 0 Å². The van der Waals surface area contributed by atoms with Crippen molar-refractivity contribution in [2.45, 2.75) is 78.3 Å². The quantitative estimate of drug-likeness (QED) is 0.394. The van der Waals surface area contributed by atoms with Gasteiger partial charge in [-0.25, -0.2) is 0 Å². The third-order valence-corrected chi connectivity index (χ3v) is 5.90. The van der Waals surface area contributed by atoms with Gasteiger partial charge < -0.3 is 4.48 Å². The smallest absolute Gasteiger partial charge is 0.0785 e. The lowest BCUT2D eigenvalue weighted by atomic mass is 10.1. The number of hydrogen-bond donors (Lipinski definition) is 0. The fraction of sp³-hybridized carbons (Fsp3) is 1.00. The highest BCUT2D eigenvalue weighted by atomic mass is 28.1. The molecule has 0 amide bonds. The van der Waals surface area contributed by atoms with E-state index in [1.54, 1.807) is 0 Å². The number of rotatable bonds is 11. The lowest BCUT2D eigenvalue weighted by Crippen LogP contribution is -2.57. The summed E-state index contributed by atoms with van der Waals surface area (Å²) in [4.78, 5) is 0. The third-order valence-electron chi connectivity index (χ3n) is 4.22. The Kier molecular flexibility index (Phi) is 10.2. The molecule has 0 aliphatic heterocycles. The van der Waals surface area contributed by atoms with E-state index in [2.05, 4.69) is 27.7 Å². The molecular formula is C15H36NSi+. The van der Waals surface area contributed by atoms with Gasteiger partial charge in [-0.05, 0) is 25.7 Å². The number of unbranched alkanes of at least 4 members (excludes halogenated alkanes) is 2. The Labute approximate surface area is 113 Å². The molecule has 0 N–H and O–H groups in total. The normalized spacial score (nSPS) is 14.1. The monoisotopic (exact) mass is 258 g/mol. The molecule has 0 aromatic heterocycles. The molecule has 104 valence electrons. The number of quaternary nitrogens is 1. The third kappa shape index (κ3) is 6.05. The van der Waals surface area contributed by atoms with Crippen LogP contribution in [0, 0.1) is 0 Å². The summed E-state index contributed by atoms with van der Waals surface area (Å²) in [5.74, 6) is 0. The van der Waals surface area contributed by atoms with Crippen LogP contribution in [0.3, 0.4) is 0 Å². The Morgan fingerprint density at radius 3 is 1.65 bits per heavy atom. The zero-order valence-electron chi connectivity index (χ0n) is 13.1. The fourth-order valence-electron chi connectivity index (χ4n) is 3.08. The molecule has 0 aromatic carbocycles. The Morgan fingerprint density at radius 2 is 1.29 bits per heavy atom. The van der Waals surface area contributed by atoms with Gasteiger partial charge in [0.05, 0.1) is 35.5 Å². The van der Waals surface area contributed by atoms with Gasteiger partial charge in [0.2, 0.25) is 0 Å². The van der Waals surface area contributed by atoms with Gasteiger partial charge in [-0.2, -0.15) is 0 Å². The van der Waals surface area contributed by atoms with Gasteiger partial charge in [-0.3, -0.25) is 0 Å². The van der Waals surface area contributed by atoms with Crippen LogP contribution >= 0.6 is 0 Å². The lowest BCUT2D eigenvalue weighted by molar-refractivity contribution is -0.940. The van der Waals surface area contributed by atoms with Gasteiger partial charge >= 0.3 is 0 Å². The summed E-state index contributed by atoms with van der Waals surface area (Å²) in [5, 5.41) is 0. The Morgan fingerprint density at radius 1 is 0.765 bits per heavy atom. The zero-order chi connectivity index (χ0) is 13.1. The minimum Gasteiger partial charge on any atom is -0.325 e. The zero-order valence-corrected chi connectivity index (χ0v) is 15.1.